The third-order valence-corrected chi connectivity index (χ3v) is 16.8. The van der Waals surface area contributed by atoms with Gasteiger partial charge in [-0.05, 0) is 114 Å². The Hall–Kier alpha value is -3.44. The van der Waals surface area contributed by atoms with E-state index in [2.05, 4.69) is 57.4 Å². The van der Waals surface area contributed by atoms with Crippen LogP contribution in [0.3, 0.4) is 0 Å². The summed E-state index contributed by atoms with van der Waals surface area (Å²) in [7, 11) is 0. The number of esters is 2. The number of aliphatic hydroxyl groups is 2. The number of benzene rings is 1. The third-order valence-electron chi connectivity index (χ3n) is 16.8. The molecular formula is C55H83N3O12. The van der Waals surface area contributed by atoms with Crippen LogP contribution in [-0.4, -0.2) is 117 Å². The Morgan fingerprint density at radius 3 is 2.31 bits per heavy atom. The number of fused-ring (bicyclic) bond motifs is 6. The van der Waals surface area contributed by atoms with Gasteiger partial charge in [-0.3, -0.25) is 24.0 Å². The molecule has 0 aromatic heterocycles. The molecule has 15 heteroatoms. The first-order valence-corrected chi connectivity index (χ1v) is 26.7. The second-order valence-corrected chi connectivity index (χ2v) is 23.7. The SMILES string of the molecule is CCCCCC1(CCCCC)O[C@@H]2[C@H](O1)[C@H]1ON(Cc3ccccc3C=C3CCC4O[C@]4(C)CC[C@@H]4[C@@H]3CC4(C)C)[C@@H]3C(=O)O[C@@H]2C[C@]13C(=O)N[C@@H](C(=O)N[C@H](CO)CCC(=O)OC(C)(C)C)[C@H](C)O. The molecule has 2 bridgehead atoms. The summed E-state index contributed by atoms with van der Waals surface area (Å²) in [6, 6.07) is 4.54. The number of hydroxylamine groups is 2. The first kappa shape index (κ1) is 52.9. The van der Waals surface area contributed by atoms with Crippen molar-refractivity contribution in [1.29, 1.82) is 0 Å². The summed E-state index contributed by atoms with van der Waals surface area (Å²) in [5.41, 5.74) is 1.22. The molecule has 7 aliphatic rings. The maximum Gasteiger partial charge on any atom is 0.327 e. The molecule has 3 saturated carbocycles. The zero-order valence-corrected chi connectivity index (χ0v) is 43.4. The summed E-state index contributed by atoms with van der Waals surface area (Å²) in [6.45, 7) is 17.6. The van der Waals surface area contributed by atoms with E-state index < -0.39 is 95.8 Å². The molecule has 0 spiro atoms. The molecule has 2 amide bonds. The molecule has 1 aromatic rings. The van der Waals surface area contributed by atoms with Crippen molar-refractivity contribution < 1.29 is 57.9 Å². The van der Waals surface area contributed by atoms with Crippen LogP contribution in [0.4, 0.5) is 0 Å². The monoisotopic (exact) mass is 978 g/mol. The Bertz CT molecular complexity index is 2090. The molecule has 8 rings (SSSR count). The molecule has 4 aliphatic heterocycles. The zero-order valence-electron chi connectivity index (χ0n) is 43.4. The lowest BCUT2D eigenvalue weighted by molar-refractivity contribution is -0.224. The number of hydrogen-bond acceptors (Lipinski definition) is 13. The summed E-state index contributed by atoms with van der Waals surface area (Å²) in [5.74, 6) is -2.49. The number of ether oxygens (including phenoxy) is 5. The van der Waals surface area contributed by atoms with Crippen molar-refractivity contribution in [3.63, 3.8) is 0 Å². The minimum atomic E-state index is -1.62. The quantitative estimate of drug-likeness (QED) is 0.0576. The fourth-order valence-electron chi connectivity index (χ4n) is 13.0. The lowest BCUT2D eigenvalue weighted by atomic mass is 9.52. The summed E-state index contributed by atoms with van der Waals surface area (Å²) in [5, 5.41) is 28.6. The van der Waals surface area contributed by atoms with Crippen LogP contribution >= 0.6 is 0 Å². The second-order valence-electron chi connectivity index (χ2n) is 23.7. The Balaban J connectivity index is 1.11. The van der Waals surface area contributed by atoms with Gasteiger partial charge in [0.05, 0.1) is 37.0 Å². The van der Waals surface area contributed by atoms with E-state index in [-0.39, 0.29) is 42.9 Å². The third kappa shape index (κ3) is 10.8. The fourth-order valence-corrected chi connectivity index (χ4v) is 13.0. The highest BCUT2D eigenvalue weighted by molar-refractivity contribution is 5.96. The Labute approximate surface area is 415 Å². The lowest BCUT2D eigenvalue weighted by Crippen LogP contribution is -2.71. The van der Waals surface area contributed by atoms with E-state index in [0.717, 1.165) is 81.8 Å². The number of amides is 2. The second kappa shape index (κ2) is 20.8. The molecule has 3 aliphatic carbocycles. The highest BCUT2D eigenvalue weighted by atomic mass is 16.8. The highest BCUT2D eigenvalue weighted by Crippen LogP contribution is 2.61. The number of unbranched alkanes of at least 4 members (excludes halogenated alkanes) is 4. The van der Waals surface area contributed by atoms with Crippen molar-refractivity contribution >= 4 is 29.8 Å². The minimum Gasteiger partial charge on any atom is -0.460 e. The van der Waals surface area contributed by atoms with Gasteiger partial charge < -0.3 is 44.5 Å². The minimum absolute atomic E-state index is 0.0365. The molecular weight excluding hydrogens is 895 g/mol. The van der Waals surface area contributed by atoms with Gasteiger partial charge in [0.1, 0.15) is 41.5 Å². The number of nitrogens with zero attached hydrogens (tertiary/aromatic N) is 1. The van der Waals surface area contributed by atoms with Crippen molar-refractivity contribution in [2.24, 2.45) is 22.7 Å². The van der Waals surface area contributed by atoms with Gasteiger partial charge in [0.25, 0.3) is 0 Å². The van der Waals surface area contributed by atoms with Crippen LogP contribution in [0, 0.1) is 22.7 Å². The number of nitrogens with one attached hydrogen (secondary N) is 2. The number of allylic oxidation sites excluding steroid dienone is 1. The highest BCUT2D eigenvalue weighted by Gasteiger charge is 2.76. The van der Waals surface area contributed by atoms with E-state index in [4.69, 9.17) is 28.5 Å². The van der Waals surface area contributed by atoms with Gasteiger partial charge in [0.15, 0.2) is 11.8 Å². The topological polar surface area (TPSA) is 195 Å². The van der Waals surface area contributed by atoms with Crippen LogP contribution < -0.4 is 10.6 Å². The molecule has 4 saturated heterocycles. The Kier molecular flexibility index (Phi) is 15.7. The first-order valence-electron chi connectivity index (χ1n) is 26.7. The number of carbonyl (C=O) groups excluding carboxylic acids is 4. The molecule has 4 heterocycles. The zero-order chi connectivity index (χ0) is 50.4. The van der Waals surface area contributed by atoms with Crippen LogP contribution in [0.5, 0.6) is 0 Å². The van der Waals surface area contributed by atoms with Crippen molar-refractivity contribution in [3.05, 3.63) is 41.0 Å². The van der Waals surface area contributed by atoms with Crippen LogP contribution in [0.2, 0.25) is 0 Å². The van der Waals surface area contributed by atoms with Gasteiger partial charge in [-0.2, -0.15) is 5.06 Å². The first-order chi connectivity index (χ1) is 33.2. The van der Waals surface area contributed by atoms with Crippen molar-refractivity contribution in [1.82, 2.24) is 15.7 Å². The van der Waals surface area contributed by atoms with Gasteiger partial charge in [-0.1, -0.05) is 89.3 Å². The van der Waals surface area contributed by atoms with E-state index in [0.29, 0.717) is 24.7 Å². The largest absolute Gasteiger partial charge is 0.460 e. The van der Waals surface area contributed by atoms with Gasteiger partial charge in [0.2, 0.25) is 11.8 Å². The number of carbonyl (C=O) groups is 4. The van der Waals surface area contributed by atoms with Gasteiger partial charge in [0, 0.05) is 25.7 Å². The molecule has 1 unspecified atom stereocenters. The maximum atomic E-state index is 15.5. The normalized spacial score (nSPS) is 34.5. The standard InChI is InChI=1S/C55H83N3O12/c1-10-12-16-25-54(26-17-13-11-2)68-44-40-30-55(50(64)57-43(33(3)60)48(62)56-37(32-59)21-23-42(61)67-51(4,5)6)46(49(63)65-40)58(70-47(55)45(44)69-54)31-36-19-15-14-18-34(36)28-35-20-22-41-53(9,66-41)27-24-39-38(35)29-52(39,7)8/h14-15,18-19,28,33,37-41,43-47,59-60H,10-13,16-17,20-27,29-32H2,1-9H3,(H,56,62)(H,57,64)/t33-,37-,38+,39+,40+,41?,43+,44-,45-,46+,47+,53+,55+/m0/s1. The molecule has 13 atom stereocenters. The van der Waals surface area contributed by atoms with Gasteiger partial charge in [-0.25, -0.2) is 0 Å². The van der Waals surface area contributed by atoms with E-state index in [1.807, 2.05) is 18.2 Å². The van der Waals surface area contributed by atoms with Gasteiger partial charge in [-0.15, -0.1) is 0 Å². The number of hydrogen-bond donors (Lipinski definition) is 4. The summed E-state index contributed by atoms with van der Waals surface area (Å²) >= 11 is 0. The number of rotatable bonds is 20. The molecule has 70 heavy (non-hydrogen) atoms. The van der Waals surface area contributed by atoms with E-state index in [1.165, 1.54) is 12.5 Å². The predicted octanol–water partition coefficient (Wildman–Crippen LogP) is 7.37. The van der Waals surface area contributed by atoms with E-state index >= 15 is 4.79 Å². The predicted molar refractivity (Wildman–Crippen MR) is 261 cm³/mol. The maximum absolute atomic E-state index is 15.5. The average Bonchev–Trinajstić information content (AvgIpc) is 3.57. The van der Waals surface area contributed by atoms with Crippen molar-refractivity contribution in [2.45, 2.75) is 243 Å². The van der Waals surface area contributed by atoms with E-state index in [9.17, 15) is 24.6 Å². The van der Waals surface area contributed by atoms with Crippen LogP contribution in [0.15, 0.2) is 29.8 Å². The molecule has 7 fully saturated rings. The summed E-state index contributed by atoms with van der Waals surface area (Å²) in [4.78, 5) is 63.9. The Morgan fingerprint density at radius 1 is 0.957 bits per heavy atom. The molecule has 15 nitrogen and oxygen atoms in total. The number of epoxide rings is 1. The molecule has 4 N–H and O–H groups in total. The fraction of sp³-hybridized carbons (Fsp3) is 0.782. The molecule has 0 radical (unpaired) electrons. The Morgan fingerprint density at radius 2 is 1.66 bits per heavy atom. The number of aliphatic hydroxyl groups excluding tert-OH is 2. The van der Waals surface area contributed by atoms with Crippen molar-refractivity contribution in [3.8, 4) is 0 Å². The van der Waals surface area contributed by atoms with Gasteiger partial charge >= 0.3 is 11.9 Å². The summed E-state index contributed by atoms with van der Waals surface area (Å²) in [6.07, 6.45) is 10.1. The molecule has 1 aromatic carbocycles. The molecule has 390 valence electrons. The van der Waals surface area contributed by atoms with Crippen LogP contribution in [-0.2, 0) is 54.2 Å². The van der Waals surface area contributed by atoms with Crippen LogP contribution in [0.25, 0.3) is 6.08 Å². The van der Waals surface area contributed by atoms with Crippen molar-refractivity contribution in [2.75, 3.05) is 6.61 Å². The average molecular weight is 978 g/mol. The smallest absolute Gasteiger partial charge is 0.327 e. The van der Waals surface area contributed by atoms with E-state index in [1.54, 1.807) is 25.8 Å². The summed E-state index contributed by atoms with van der Waals surface area (Å²) < 4.78 is 32.1. The van der Waals surface area contributed by atoms with Crippen LogP contribution in [0.1, 0.15) is 176 Å². The lowest BCUT2D eigenvalue weighted by Gasteiger charge is -2.53.